The maximum atomic E-state index is 13.4. The highest BCUT2D eigenvalue weighted by Gasteiger charge is 2.32. The van der Waals surface area contributed by atoms with Gasteiger partial charge in [0.25, 0.3) is 15.9 Å². The number of aryl methyl sites for hydroxylation is 1. The Labute approximate surface area is 207 Å². The summed E-state index contributed by atoms with van der Waals surface area (Å²) in [6.07, 6.45) is 1.92. The van der Waals surface area contributed by atoms with Gasteiger partial charge in [-0.15, -0.1) is 0 Å². The van der Waals surface area contributed by atoms with Gasteiger partial charge in [0, 0.05) is 0 Å². The van der Waals surface area contributed by atoms with Crippen LogP contribution in [0.25, 0.3) is 0 Å². The minimum absolute atomic E-state index is 0.0320. The van der Waals surface area contributed by atoms with Gasteiger partial charge in [0.1, 0.15) is 11.5 Å². The summed E-state index contributed by atoms with van der Waals surface area (Å²) in [6, 6.07) is 17.6. The summed E-state index contributed by atoms with van der Waals surface area (Å²) in [5.41, 5.74) is 1.21. The van der Waals surface area contributed by atoms with Crippen LogP contribution < -0.4 is 13.8 Å². The SMILES string of the molecule is CCCc1ccc(OCC(=O)N(c2ccc(OC)c(Cl)c2)S(=O)(=O)c2ccccc2)c(Br)c1. The van der Waals surface area contributed by atoms with Crippen LogP contribution in [-0.2, 0) is 21.2 Å². The molecule has 0 atom stereocenters. The first-order valence-electron chi connectivity index (χ1n) is 10.2. The lowest BCUT2D eigenvalue weighted by atomic mass is 10.1. The van der Waals surface area contributed by atoms with Gasteiger partial charge in [-0.2, -0.15) is 4.31 Å². The predicted molar refractivity (Wildman–Crippen MR) is 133 cm³/mol. The maximum Gasteiger partial charge on any atom is 0.278 e. The number of halogens is 2. The zero-order chi connectivity index (χ0) is 24.0. The molecule has 0 unspecified atom stereocenters. The van der Waals surface area contributed by atoms with E-state index in [-0.39, 0.29) is 15.6 Å². The molecule has 33 heavy (non-hydrogen) atoms. The van der Waals surface area contributed by atoms with Crippen molar-refractivity contribution in [2.45, 2.75) is 24.7 Å². The third kappa shape index (κ3) is 5.88. The second kappa shape index (κ2) is 11.0. The van der Waals surface area contributed by atoms with E-state index in [2.05, 4.69) is 22.9 Å². The smallest absolute Gasteiger partial charge is 0.278 e. The maximum absolute atomic E-state index is 13.4. The highest BCUT2D eigenvalue weighted by molar-refractivity contribution is 9.10. The summed E-state index contributed by atoms with van der Waals surface area (Å²) in [7, 11) is -2.78. The Morgan fingerprint density at radius 1 is 1.03 bits per heavy atom. The van der Waals surface area contributed by atoms with Gasteiger partial charge < -0.3 is 9.47 Å². The second-order valence-corrected chi connectivity index (χ2v) is 10.1. The highest BCUT2D eigenvalue weighted by atomic mass is 79.9. The molecule has 9 heteroatoms. The molecule has 3 aromatic rings. The molecule has 0 saturated carbocycles. The van der Waals surface area contributed by atoms with E-state index in [1.807, 2.05) is 12.1 Å². The number of ether oxygens (including phenoxy) is 2. The van der Waals surface area contributed by atoms with Crippen LogP contribution >= 0.6 is 27.5 Å². The molecular weight excluding hydrogens is 530 g/mol. The number of methoxy groups -OCH3 is 1. The van der Waals surface area contributed by atoms with Crippen molar-refractivity contribution >= 4 is 49.1 Å². The Morgan fingerprint density at radius 3 is 2.33 bits per heavy atom. The van der Waals surface area contributed by atoms with E-state index in [0.717, 1.165) is 18.4 Å². The highest BCUT2D eigenvalue weighted by Crippen LogP contribution is 2.32. The van der Waals surface area contributed by atoms with E-state index in [1.165, 1.54) is 37.4 Å². The van der Waals surface area contributed by atoms with E-state index < -0.39 is 22.5 Å². The summed E-state index contributed by atoms with van der Waals surface area (Å²) < 4.78 is 39.0. The van der Waals surface area contributed by atoms with Crippen LogP contribution in [0.5, 0.6) is 11.5 Å². The largest absolute Gasteiger partial charge is 0.495 e. The normalized spacial score (nSPS) is 11.2. The number of anilines is 1. The number of hydrogen-bond acceptors (Lipinski definition) is 5. The molecule has 0 heterocycles. The lowest BCUT2D eigenvalue weighted by Gasteiger charge is -2.23. The van der Waals surface area contributed by atoms with Crippen molar-refractivity contribution in [2.24, 2.45) is 0 Å². The van der Waals surface area contributed by atoms with Crippen molar-refractivity contribution in [1.29, 1.82) is 0 Å². The first-order valence-corrected chi connectivity index (χ1v) is 12.8. The first kappa shape index (κ1) is 25.1. The molecule has 0 N–H and O–H groups in total. The van der Waals surface area contributed by atoms with Gasteiger partial charge in [-0.05, 0) is 70.4 Å². The van der Waals surface area contributed by atoms with Gasteiger partial charge in [-0.3, -0.25) is 4.79 Å². The van der Waals surface area contributed by atoms with Crippen molar-refractivity contribution in [3.8, 4) is 11.5 Å². The summed E-state index contributed by atoms with van der Waals surface area (Å²) in [6.45, 7) is 1.59. The van der Waals surface area contributed by atoms with Crippen molar-refractivity contribution in [1.82, 2.24) is 0 Å². The number of hydrogen-bond donors (Lipinski definition) is 0. The number of sulfonamides is 1. The molecule has 0 aliphatic carbocycles. The molecular formula is C24H23BrClNO5S. The number of carbonyl (C=O) groups is 1. The van der Waals surface area contributed by atoms with Crippen LogP contribution in [-0.4, -0.2) is 28.0 Å². The van der Waals surface area contributed by atoms with E-state index in [0.29, 0.717) is 20.3 Å². The average molecular weight is 553 g/mol. The summed E-state index contributed by atoms with van der Waals surface area (Å²) in [5, 5.41) is 0.172. The molecule has 6 nitrogen and oxygen atoms in total. The molecule has 1 amide bonds. The van der Waals surface area contributed by atoms with Crippen LogP contribution in [0.1, 0.15) is 18.9 Å². The molecule has 0 bridgehead atoms. The van der Waals surface area contributed by atoms with Gasteiger partial charge >= 0.3 is 0 Å². The Kier molecular flexibility index (Phi) is 8.40. The molecule has 174 valence electrons. The fourth-order valence-corrected chi connectivity index (χ4v) is 5.42. The number of benzene rings is 3. The lowest BCUT2D eigenvalue weighted by Crippen LogP contribution is -2.40. The minimum atomic E-state index is -4.23. The molecule has 0 aliphatic rings. The summed E-state index contributed by atoms with van der Waals surface area (Å²) in [5.74, 6) is 0.0231. The van der Waals surface area contributed by atoms with Crippen LogP contribution in [0.2, 0.25) is 5.02 Å². The third-order valence-corrected chi connectivity index (χ3v) is 7.44. The van der Waals surface area contributed by atoms with Gasteiger partial charge in [0.2, 0.25) is 0 Å². The molecule has 0 saturated heterocycles. The fourth-order valence-electron chi connectivity index (χ4n) is 3.20. The molecule has 3 rings (SSSR count). The molecule has 0 aliphatic heterocycles. The Hall–Kier alpha value is -2.55. The van der Waals surface area contributed by atoms with Gasteiger partial charge in [0.15, 0.2) is 6.61 Å². The second-order valence-electron chi connectivity index (χ2n) is 7.10. The summed E-state index contributed by atoms with van der Waals surface area (Å²) in [4.78, 5) is 13.2. The topological polar surface area (TPSA) is 72.9 Å². The Balaban J connectivity index is 1.94. The molecule has 0 fully saturated rings. The zero-order valence-electron chi connectivity index (χ0n) is 18.1. The summed E-state index contributed by atoms with van der Waals surface area (Å²) >= 11 is 9.66. The average Bonchev–Trinajstić information content (AvgIpc) is 2.79. The quantitative estimate of drug-likeness (QED) is 0.332. The van der Waals surface area contributed by atoms with Crippen LogP contribution in [0.3, 0.4) is 0 Å². The lowest BCUT2D eigenvalue weighted by molar-refractivity contribution is -0.119. The van der Waals surface area contributed by atoms with Crippen molar-refractivity contribution in [2.75, 3.05) is 18.0 Å². The van der Waals surface area contributed by atoms with E-state index in [4.69, 9.17) is 21.1 Å². The van der Waals surface area contributed by atoms with Crippen LogP contribution in [0.15, 0.2) is 76.1 Å². The van der Waals surface area contributed by atoms with Crippen LogP contribution in [0.4, 0.5) is 5.69 Å². The third-order valence-electron chi connectivity index (χ3n) is 4.76. The van der Waals surface area contributed by atoms with Gasteiger partial charge in [-0.1, -0.05) is 49.2 Å². The molecule has 0 spiro atoms. The number of carbonyl (C=O) groups excluding carboxylic acids is 1. The van der Waals surface area contributed by atoms with E-state index in [9.17, 15) is 13.2 Å². The minimum Gasteiger partial charge on any atom is -0.495 e. The predicted octanol–water partition coefficient (Wildman–Crippen LogP) is 5.86. The number of rotatable bonds is 9. The monoisotopic (exact) mass is 551 g/mol. The van der Waals surface area contributed by atoms with E-state index >= 15 is 0 Å². The van der Waals surface area contributed by atoms with Gasteiger partial charge in [-0.25, -0.2) is 8.42 Å². The first-order chi connectivity index (χ1) is 15.8. The number of amides is 1. The van der Waals surface area contributed by atoms with Gasteiger partial charge in [0.05, 0.1) is 27.2 Å². The molecule has 3 aromatic carbocycles. The standard InChI is InChI=1S/C24H23BrClNO5S/c1-3-7-17-10-12-22(20(25)14-17)32-16-24(28)27(18-11-13-23(31-2)21(26)15-18)33(29,30)19-8-5-4-6-9-19/h4-6,8-15H,3,7,16H2,1-2H3. The Bertz CT molecular complexity index is 1230. The van der Waals surface area contributed by atoms with Crippen molar-refractivity contribution in [3.05, 3.63) is 81.8 Å². The Morgan fingerprint density at radius 2 is 1.73 bits per heavy atom. The van der Waals surface area contributed by atoms with E-state index in [1.54, 1.807) is 24.3 Å². The fraction of sp³-hybridized carbons (Fsp3) is 0.208. The molecule has 0 radical (unpaired) electrons. The number of nitrogens with zero attached hydrogens (tertiary/aromatic N) is 1. The zero-order valence-corrected chi connectivity index (χ0v) is 21.3. The van der Waals surface area contributed by atoms with Crippen molar-refractivity contribution < 1.29 is 22.7 Å². The van der Waals surface area contributed by atoms with Crippen molar-refractivity contribution in [3.63, 3.8) is 0 Å². The molecule has 0 aromatic heterocycles. The van der Waals surface area contributed by atoms with Crippen LogP contribution in [0, 0.1) is 0 Å².